The molecule has 0 aliphatic rings. The van der Waals surface area contributed by atoms with Crippen LogP contribution in [-0.2, 0) is 6.18 Å². The van der Waals surface area contributed by atoms with Gasteiger partial charge in [-0.2, -0.15) is 18.3 Å². The summed E-state index contributed by atoms with van der Waals surface area (Å²) in [6, 6.07) is 9.25. The lowest BCUT2D eigenvalue weighted by atomic mass is 10.1. The van der Waals surface area contributed by atoms with Crippen molar-refractivity contribution < 1.29 is 31.5 Å². The zero-order valence-electron chi connectivity index (χ0n) is 18.0. The van der Waals surface area contributed by atoms with Crippen molar-refractivity contribution >= 4 is 23.8 Å². The average Bonchev–Trinajstić information content (AvgIpc) is 2.77. The zero-order chi connectivity index (χ0) is 25.8. The van der Waals surface area contributed by atoms with Gasteiger partial charge in [0.1, 0.15) is 23.1 Å². The number of nitrogens with two attached hydrogens (primary N) is 2. The highest BCUT2D eigenvalue weighted by molar-refractivity contribution is 6.06. The molecule has 182 valence electrons. The van der Waals surface area contributed by atoms with Crippen LogP contribution in [0.2, 0.25) is 0 Å². The minimum Gasteiger partial charge on any atom is -0.456 e. The first-order valence-corrected chi connectivity index (χ1v) is 9.82. The van der Waals surface area contributed by atoms with Gasteiger partial charge in [-0.15, -0.1) is 5.10 Å². The Morgan fingerprint density at radius 1 is 1.00 bits per heavy atom. The molecule has 7 nitrogen and oxygen atoms in total. The van der Waals surface area contributed by atoms with Gasteiger partial charge in [-0.25, -0.2) is 8.78 Å². The summed E-state index contributed by atoms with van der Waals surface area (Å²) in [5, 5.41) is 9.30. The third-order valence-corrected chi connectivity index (χ3v) is 4.53. The van der Waals surface area contributed by atoms with Gasteiger partial charge in [0.15, 0.2) is 0 Å². The molecule has 5 N–H and O–H groups in total. The third kappa shape index (κ3) is 6.53. The predicted molar refractivity (Wildman–Crippen MR) is 120 cm³/mol. The molecule has 3 rings (SSSR count). The Morgan fingerprint density at radius 2 is 1.74 bits per heavy atom. The van der Waals surface area contributed by atoms with Crippen LogP contribution in [0.15, 0.2) is 64.8 Å². The lowest BCUT2D eigenvalue weighted by Crippen LogP contribution is -2.21. The predicted octanol–water partition coefficient (Wildman–Crippen LogP) is 4.94. The molecule has 0 unspecified atom stereocenters. The lowest BCUT2D eigenvalue weighted by Gasteiger charge is -2.16. The molecule has 1 amide bonds. The van der Waals surface area contributed by atoms with Crippen molar-refractivity contribution in [2.45, 2.75) is 13.1 Å². The molecule has 0 aromatic heterocycles. The standard InChI is InChI=1S/C23H18F5N5O2/c1-12-8-15(24)3-7-19(12)35-20-10-14(23(26,27)28)2-5-17(20)21(34)32-16-4-6-18(25)13(9-16)11-31-33-22(29)30/h2-11H,1H3,(H,32,34)(H4,29,30,33). The number of amides is 1. The fourth-order valence-corrected chi connectivity index (χ4v) is 2.89. The Kier molecular flexibility index (Phi) is 7.33. The number of rotatable bonds is 6. The number of anilines is 1. The number of benzene rings is 3. The van der Waals surface area contributed by atoms with Crippen LogP contribution >= 0.6 is 0 Å². The Bertz CT molecular complexity index is 1320. The summed E-state index contributed by atoms with van der Waals surface area (Å²) in [5.41, 5.74) is 9.32. The van der Waals surface area contributed by atoms with Crippen LogP contribution in [0, 0.1) is 18.6 Å². The van der Waals surface area contributed by atoms with Crippen LogP contribution in [0.5, 0.6) is 11.5 Å². The second kappa shape index (κ2) is 10.2. The minimum atomic E-state index is -4.70. The summed E-state index contributed by atoms with van der Waals surface area (Å²) < 4.78 is 72.8. The van der Waals surface area contributed by atoms with Crippen molar-refractivity contribution in [3.8, 4) is 11.5 Å². The molecule has 0 aliphatic heterocycles. The average molecular weight is 491 g/mol. The lowest BCUT2D eigenvalue weighted by molar-refractivity contribution is -0.137. The number of guanidine groups is 1. The maximum absolute atomic E-state index is 14.0. The van der Waals surface area contributed by atoms with Crippen molar-refractivity contribution in [1.82, 2.24) is 0 Å². The molecular formula is C23H18F5N5O2. The molecule has 0 fully saturated rings. The number of hydrogen-bond acceptors (Lipinski definition) is 4. The Morgan fingerprint density at radius 3 is 2.40 bits per heavy atom. The smallest absolute Gasteiger partial charge is 0.416 e. The number of carbonyl (C=O) groups excluding carboxylic acids is 1. The van der Waals surface area contributed by atoms with Crippen LogP contribution in [-0.4, -0.2) is 18.1 Å². The van der Waals surface area contributed by atoms with Crippen molar-refractivity contribution in [3.63, 3.8) is 0 Å². The first-order chi connectivity index (χ1) is 16.4. The molecule has 0 saturated carbocycles. The van der Waals surface area contributed by atoms with Crippen molar-refractivity contribution in [2.24, 2.45) is 21.7 Å². The van der Waals surface area contributed by atoms with E-state index < -0.39 is 35.0 Å². The van der Waals surface area contributed by atoms with E-state index in [1.54, 1.807) is 0 Å². The molecular weight excluding hydrogens is 473 g/mol. The molecule has 35 heavy (non-hydrogen) atoms. The second-order valence-corrected chi connectivity index (χ2v) is 7.18. The van der Waals surface area contributed by atoms with Gasteiger partial charge in [0.25, 0.3) is 5.91 Å². The molecule has 0 bridgehead atoms. The van der Waals surface area contributed by atoms with Crippen LogP contribution in [0.1, 0.15) is 27.0 Å². The highest BCUT2D eigenvalue weighted by Crippen LogP contribution is 2.36. The number of nitrogens with one attached hydrogen (secondary N) is 1. The van der Waals surface area contributed by atoms with E-state index in [0.717, 1.165) is 36.5 Å². The zero-order valence-corrected chi connectivity index (χ0v) is 18.0. The summed E-state index contributed by atoms with van der Waals surface area (Å²) in [6.07, 6.45) is -3.69. The highest BCUT2D eigenvalue weighted by Gasteiger charge is 2.32. The minimum absolute atomic E-state index is 0.0554. The van der Waals surface area contributed by atoms with E-state index in [0.29, 0.717) is 11.6 Å². The fraction of sp³-hybridized carbons (Fsp3) is 0.0870. The summed E-state index contributed by atoms with van der Waals surface area (Å²) in [7, 11) is 0. The van der Waals surface area contributed by atoms with Crippen molar-refractivity contribution in [1.29, 1.82) is 0 Å². The number of ether oxygens (including phenoxy) is 1. The number of nitrogens with zero attached hydrogens (tertiary/aromatic N) is 2. The van der Waals surface area contributed by atoms with Gasteiger partial charge >= 0.3 is 6.18 Å². The third-order valence-electron chi connectivity index (χ3n) is 4.53. The first kappa shape index (κ1) is 25.1. The van der Waals surface area contributed by atoms with Crippen molar-refractivity contribution in [3.05, 3.63) is 88.5 Å². The summed E-state index contributed by atoms with van der Waals surface area (Å²) in [4.78, 5) is 12.9. The molecule has 0 atom stereocenters. The Hall–Kier alpha value is -4.48. The van der Waals surface area contributed by atoms with E-state index in [9.17, 15) is 26.7 Å². The monoisotopic (exact) mass is 491 g/mol. The van der Waals surface area contributed by atoms with Gasteiger partial charge in [-0.1, -0.05) is 0 Å². The highest BCUT2D eigenvalue weighted by atomic mass is 19.4. The summed E-state index contributed by atoms with van der Waals surface area (Å²) >= 11 is 0. The van der Waals surface area contributed by atoms with E-state index in [-0.39, 0.29) is 28.5 Å². The normalized spacial score (nSPS) is 11.4. The fourth-order valence-electron chi connectivity index (χ4n) is 2.89. The van der Waals surface area contributed by atoms with Crippen LogP contribution in [0.4, 0.5) is 27.6 Å². The SMILES string of the molecule is Cc1cc(F)ccc1Oc1cc(C(F)(F)F)ccc1C(=O)Nc1ccc(F)c(C=NN=C(N)N)c1. The maximum atomic E-state index is 14.0. The number of carbonyl (C=O) groups is 1. The summed E-state index contributed by atoms with van der Waals surface area (Å²) in [5.74, 6) is -2.80. The Balaban J connectivity index is 1.95. The van der Waals surface area contributed by atoms with E-state index in [2.05, 4.69) is 15.5 Å². The van der Waals surface area contributed by atoms with E-state index in [1.807, 2.05) is 0 Å². The maximum Gasteiger partial charge on any atom is 0.416 e. The Labute approximate surface area is 195 Å². The van der Waals surface area contributed by atoms with E-state index in [4.69, 9.17) is 16.2 Å². The molecule has 0 spiro atoms. The van der Waals surface area contributed by atoms with E-state index in [1.165, 1.54) is 25.1 Å². The number of hydrogen-bond donors (Lipinski definition) is 3. The first-order valence-electron chi connectivity index (χ1n) is 9.82. The van der Waals surface area contributed by atoms with Crippen LogP contribution in [0.25, 0.3) is 0 Å². The molecule has 0 saturated heterocycles. The quantitative estimate of drug-likeness (QED) is 0.196. The van der Waals surface area contributed by atoms with Crippen LogP contribution < -0.4 is 21.5 Å². The van der Waals surface area contributed by atoms with Gasteiger partial charge in [-0.3, -0.25) is 4.79 Å². The van der Waals surface area contributed by atoms with Gasteiger partial charge in [0, 0.05) is 11.3 Å². The van der Waals surface area contributed by atoms with Gasteiger partial charge in [0.2, 0.25) is 5.96 Å². The molecule has 0 aliphatic carbocycles. The molecule has 3 aromatic rings. The molecule has 3 aromatic carbocycles. The second-order valence-electron chi connectivity index (χ2n) is 7.18. The molecule has 12 heteroatoms. The van der Waals surface area contributed by atoms with Gasteiger partial charge < -0.3 is 21.5 Å². The topological polar surface area (TPSA) is 115 Å². The molecule has 0 heterocycles. The molecule has 0 radical (unpaired) electrons. The number of halogens is 5. The van der Waals surface area contributed by atoms with Gasteiger partial charge in [0.05, 0.1) is 17.3 Å². The number of alkyl halides is 3. The largest absolute Gasteiger partial charge is 0.456 e. The summed E-state index contributed by atoms with van der Waals surface area (Å²) in [6.45, 7) is 1.50. The van der Waals surface area contributed by atoms with Crippen molar-refractivity contribution in [2.75, 3.05) is 5.32 Å². The van der Waals surface area contributed by atoms with Gasteiger partial charge in [-0.05, 0) is 67.1 Å². The van der Waals surface area contributed by atoms with Crippen LogP contribution in [0.3, 0.4) is 0 Å². The number of aryl methyl sites for hydroxylation is 1. The van der Waals surface area contributed by atoms with E-state index >= 15 is 0 Å².